The number of hydrogen-bond donors (Lipinski definition) is 0. The van der Waals surface area contributed by atoms with Crippen LogP contribution in [0.5, 0.6) is 5.75 Å². The Morgan fingerprint density at radius 1 is 1.33 bits per heavy atom. The highest BCUT2D eigenvalue weighted by molar-refractivity contribution is 5.47. The van der Waals surface area contributed by atoms with Gasteiger partial charge in [-0.15, -0.1) is 0 Å². The maximum absolute atomic E-state index is 14.2. The molecule has 1 heterocycles. The Bertz CT molecular complexity index is 578. The summed E-state index contributed by atoms with van der Waals surface area (Å²) in [6.45, 7) is 5.57. The molecule has 0 unspecified atom stereocenters. The number of hydrogen-bond acceptors (Lipinski definition) is 3. The fourth-order valence-electron chi connectivity index (χ4n) is 2.03. The molecule has 2 aromatic rings. The maximum atomic E-state index is 14.2. The number of methoxy groups -OCH3 is 1. The smallest absolute Gasteiger partial charge is 0.170 e. The van der Waals surface area contributed by atoms with Gasteiger partial charge < -0.3 is 4.74 Å². The van der Waals surface area contributed by atoms with Gasteiger partial charge in [0, 0.05) is 5.56 Å². The van der Waals surface area contributed by atoms with E-state index < -0.39 is 0 Å². The van der Waals surface area contributed by atoms with E-state index in [9.17, 15) is 4.39 Å². The van der Waals surface area contributed by atoms with Gasteiger partial charge in [0.1, 0.15) is 11.6 Å². The highest BCUT2D eigenvalue weighted by atomic mass is 19.1. The van der Waals surface area contributed by atoms with Crippen LogP contribution in [0.1, 0.15) is 24.1 Å². The van der Waals surface area contributed by atoms with Gasteiger partial charge in [0.15, 0.2) is 11.6 Å². The number of halogens is 1. The molecule has 4 nitrogen and oxygen atoms in total. The number of aryl methyl sites for hydroxylation is 2. The molecule has 0 saturated heterocycles. The summed E-state index contributed by atoms with van der Waals surface area (Å²) in [6.07, 6.45) is 0.566. The first kappa shape index (κ1) is 12.5. The maximum Gasteiger partial charge on any atom is 0.170 e. The summed E-state index contributed by atoms with van der Waals surface area (Å²) in [5.41, 5.74) is 1.30. The second kappa shape index (κ2) is 4.76. The largest absolute Gasteiger partial charge is 0.494 e. The van der Waals surface area contributed by atoms with Gasteiger partial charge in [-0.2, -0.15) is 5.10 Å². The van der Waals surface area contributed by atoms with Crippen molar-refractivity contribution >= 4 is 0 Å². The monoisotopic (exact) mass is 249 g/mol. The van der Waals surface area contributed by atoms with E-state index in [0.29, 0.717) is 23.5 Å². The summed E-state index contributed by atoms with van der Waals surface area (Å²) in [6, 6.07) is 3.42. The third kappa shape index (κ3) is 1.96. The van der Waals surface area contributed by atoms with Crippen molar-refractivity contribution in [2.24, 2.45) is 0 Å². The van der Waals surface area contributed by atoms with Crippen molar-refractivity contribution in [3.05, 3.63) is 35.2 Å². The lowest BCUT2D eigenvalue weighted by Gasteiger charge is -2.12. The van der Waals surface area contributed by atoms with Crippen molar-refractivity contribution in [2.75, 3.05) is 7.11 Å². The Morgan fingerprint density at radius 2 is 2.06 bits per heavy atom. The van der Waals surface area contributed by atoms with E-state index in [4.69, 9.17) is 4.74 Å². The Kier molecular flexibility index (Phi) is 3.32. The van der Waals surface area contributed by atoms with Crippen LogP contribution in [0.2, 0.25) is 0 Å². The molecule has 18 heavy (non-hydrogen) atoms. The Hall–Kier alpha value is -1.91. The van der Waals surface area contributed by atoms with Crippen LogP contribution in [0.4, 0.5) is 4.39 Å². The predicted molar refractivity (Wildman–Crippen MR) is 66.7 cm³/mol. The molecule has 0 spiro atoms. The molecule has 1 aromatic heterocycles. The van der Waals surface area contributed by atoms with E-state index >= 15 is 0 Å². The topological polar surface area (TPSA) is 39.9 Å². The van der Waals surface area contributed by atoms with E-state index in [1.54, 1.807) is 10.7 Å². The zero-order valence-electron chi connectivity index (χ0n) is 11.0. The lowest BCUT2D eigenvalue weighted by molar-refractivity contribution is 0.384. The number of ether oxygens (including phenoxy) is 1. The summed E-state index contributed by atoms with van der Waals surface area (Å²) in [5, 5.41) is 4.28. The van der Waals surface area contributed by atoms with Gasteiger partial charge in [-0.05, 0) is 32.4 Å². The van der Waals surface area contributed by atoms with Crippen molar-refractivity contribution in [3.63, 3.8) is 0 Å². The molecule has 1 aromatic carbocycles. The minimum Gasteiger partial charge on any atom is -0.494 e. The molecule has 0 amide bonds. The second-order valence-corrected chi connectivity index (χ2v) is 4.05. The van der Waals surface area contributed by atoms with Crippen LogP contribution in [-0.2, 0) is 6.42 Å². The van der Waals surface area contributed by atoms with E-state index in [1.807, 2.05) is 26.8 Å². The fourth-order valence-corrected chi connectivity index (χ4v) is 2.03. The van der Waals surface area contributed by atoms with Gasteiger partial charge in [-0.3, -0.25) is 0 Å². The normalized spacial score (nSPS) is 10.7. The van der Waals surface area contributed by atoms with Gasteiger partial charge >= 0.3 is 0 Å². The number of nitrogens with zero attached hydrogens (tertiary/aromatic N) is 3. The van der Waals surface area contributed by atoms with Crippen LogP contribution < -0.4 is 4.74 Å². The van der Waals surface area contributed by atoms with Crippen LogP contribution in [0.25, 0.3) is 5.69 Å². The van der Waals surface area contributed by atoms with Crippen molar-refractivity contribution in [3.8, 4) is 11.4 Å². The Labute approximate surface area is 105 Å². The molecular formula is C13H16FN3O. The molecule has 0 saturated carbocycles. The van der Waals surface area contributed by atoms with Gasteiger partial charge in [0.05, 0.1) is 12.8 Å². The van der Waals surface area contributed by atoms with E-state index in [1.165, 1.54) is 7.11 Å². The van der Waals surface area contributed by atoms with Crippen LogP contribution in [0.15, 0.2) is 12.1 Å². The zero-order valence-corrected chi connectivity index (χ0v) is 11.0. The second-order valence-electron chi connectivity index (χ2n) is 4.05. The third-order valence-electron chi connectivity index (χ3n) is 2.86. The molecule has 0 aliphatic rings. The molecule has 0 N–H and O–H groups in total. The standard InChI is InChI=1S/C13H16FN3O/c1-5-10-11(6-7-12(18-4)13(10)14)17-9(3)15-8(2)16-17/h6-7H,5H2,1-4H3. The molecule has 2 rings (SSSR count). The molecule has 5 heteroatoms. The van der Waals surface area contributed by atoms with Gasteiger partial charge in [-0.1, -0.05) is 6.92 Å². The van der Waals surface area contributed by atoms with Crippen molar-refractivity contribution in [1.29, 1.82) is 0 Å². The van der Waals surface area contributed by atoms with Crippen LogP contribution in [-0.4, -0.2) is 21.9 Å². The Balaban J connectivity index is 2.65. The lowest BCUT2D eigenvalue weighted by Crippen LogP contribution is -2.06. The summed E-state index contributed by atoms with van der Waals surface area (Å²) in [5.74, 6) is 1.34. The predicted octanol–water partition coefficient (Wildman–Crippen LogP) is 2.59. The third-order valence-corrected chi connectivity index (χ3v) is 2.86. The van der Waals surface area contributed by atoms with Crippen LogP contribution in [0, 0.1) is 19.7 Å². The van der Waals surface area contributed by atoms with Crippen molar-refractivity contribution in [1.82, 2.24) is 14.8 Å². The number of rotatable bonds is 3. The number of benzene rings is 1. The molecule has 0 aliphatic heterocycles. The first-order chi connectivity index (χ1) is 8.58. The molecule has 96 valence electrons. The first-order valence-electron chi connectivity index (χ1n) is 5.84. The van der Waals surface area contributed by atoms with Gasteiger partial charge in [0.25, 0.3) is 0 Å². The summed E-state index contributed by atoms with van der Waals surface area (Å²) >= 11 is 0. The van der Waals surface area contributed by atoms with Crippen molar-refractivity contribution in [2.45, 2.75) is 27.2 Å². The molecule has 0 fully saturated rings. The summed E-state index contributed by atoms with van der Waals surface area (Å²) < 4.78 is 20.8. The molecule has 0 bridgehead atoms. The SMILES string of the molecule is CCc1c(-n2nc(C)nc2C)ccc(OC)c1F. The number of aromatic nitrogens is 3. The first-order valence-corrected chi connectivity index (χ1v) is 5.84. The summed E-state index contributed by atoms with van der Waals surface area (Å²) in [4.78, 5) is 4.23. The van der Waals surface area contributed by atoms with Crippen molar-refractivity contribution < 1.29 is 9.13 Å². The molecule has 0 atom stereocenters. The van der Waals surface area contributed by atoms with E-state index in [2.05, 4.69) is 10.1 Å². The zero-order chi connectivity index (χ0) is 13.3. The van der Waals surface area contributed by atoms with E-state index in [0.717, 1.165) is 5.82 Å². The Morgan fingerprint density at radius 3 is 2.56 bits per heavy atom. The average molecular weight is 249 g/mol. The van der Waals surface area contributed by atoms with Gasteiger partial charge in [-0.25, -0.2) is 14.1 Å². The highest BCUT2D eigenvalue weighted by Gasteiger charge is 2.16. The quantitative estimate of drug-likeness (QED) is 0.839. The average Bonchev–Trinajstić information content (AvgIpc) is 2.68. The molecule has 0 aliphatic carbocycles. The molecule has 0 radical (unpaired) electrons. The van der Waals surface area contributed by atoms with Gasteiger partial charge in [0.2, 0.25) is 0 Å². The van der Waals surface area contributed by atoms with E-state index in [-0.39, 0.29) is 11.6 Å². The lowest BCUT2D eigenvalue weighted by atomic mass is 10.1. The minimum atomic E-state index is -0.329. The minimum absolute atomic E-state index is 0.255. The summed E-state index contributed by atoms with van der Waals surface area (Å²) in [7, 11) is 1.46. The highest BCUT2D eigenvalue weighted by Crippen LogP contribution is 2.27. The van der Waals surface area contributed by atoms with Crippen LogP contribution >= 0.6 is 0 Å². The fraction of sp³-hybridized carbons (Fsp3) is 0.385. The molecular weight excluding hydrogens is 233 g/mol. The van der Waals surface area contributed by atoms with Crippen LogP contribution in [0.3, 0.4) is 0 Å².